The standard InChI is InChI=1S/C44H29N2O7P/c47-39-23-24-40(48)45(39)29-7-5-9-31(25-29)51-37-13-3-1-11-35(37)27-15-19-33(20-16-27)54-34-21-17-28(18-22-34)36-12-2-4-14-38(36)52-32-10-6-8-30(26-32)46-43(49)41-42(53-41)44(46)50/h1-26,41-42,54H. The molecule has 9 rings (SSSR count). The number of imide groups is 2. The quantitative estimate of drug-likeness (QED) is 0.0828. The molecule has 0 aliphatic carbocycles. The van der Waals surface area contributed by atoms with Gasteiger partial charge in [0.05, 0.1) is 11.4 Å². The fourth-order valence-electron chi connectivity index (χ4n) is 6.61. The van der Waals surface area contributed by atoms with Crippen molar-refractivity contribution < 1.29 is 33.4 Å². The van der Waals surface area contributed by atoms with Crippen molar-refractivity contribution in [2.75, 3.05) is 9.80 Å². The molecule has 9 nitrogen and oxygen atoms in total. The molecule has 0 spiro atoms. The summed E-state index contributed by atoms with van der Waals surface area (Å²) in [7, 11) is 0.433. The summed E-state index contributed by atoms with van der Waals surface area (Å²) >= 11 is 0. The summed E-state index contributed by atoms with van der Waals surface area (Å²) in [5.74, 6) is 0.878. The number of carbonyl (C=O) groups excluding carboxylic acids is 4. The Morgan fingerprint density at radius 2 is 0.926 bits per heavy atom. The molecule has 0 radical (unpaired) electrons. The van der Waals surface area contributed by atoms with Crippen LogP contribution in [0.5, 0.6) is 23.0 Å². The molecule has 4 amide bonds. The zero-order chi connectivity index (χ0) is 36.8. The maximum absolute atomic E-state index is 12.5. The van der Waals surface area contributed by atoms with Gasteiger partial charge in [-0.15, -0.1) is 0 Å². The Hall–Kier alpha value is -6.67. The molecule has 3 aliphatic heterocycles. The summed E-state index contributed by atoms with van der Waals surface area (Å²) < 4.78 is 17.7. The van der Waals surface area contributed by atoms with Crippen molar-refractivity contribution in [2.45, 2.75) is 12.2 Å². The smallest absolute Gasteiger partial charge is 0.266 e. The van der Waals surface area contributed by atoms with Crippen molar-refractivity contribution in [1.29, 1.82) is 0 Å². The van der Waals surface area contributed by atoms with E-state index in [1.807, 2.05) is 48.5 Å². The number of para-hydroxylation sites is 2. The van der Waals surface area contributed by atoms with E-state index in [0.29, 0.717) is 43.0 Å². The van der Waals surface area contributed by atoms with Gasteiger partial charge < -0.3 is 14.2 Å². The number of epoxide rings is 1. The first-order valence-corrected chi connectivity index (χ1v) is 18.2. The Morgan fingerprint density at radius 3 is 1.41 bits per heavy atom. The van der Waals surface area contributed by atoms with Gasteiger partial charge in [0.15, 0.2) is 12.2 Å². The van der Waals surface area contributed by atoms with Crippen LogP contribution < -0.4 is 29.9 Å². The number of rotatable bonds is 10. The third-order valence-electron chi connectivity index (χ3n) is 9.29. The highest BCUT2D eigenvalue weighted by atomic mass is 31.1. The van der Waals surface area contributed by atoms with Gasteiger partial charge in [-0.3, -0.25) is 19.2 Å². The highest BCUT2D eigenvalue weighted by molar-refractivity contribution is 7.55. The number of fused-ring (bicyclic) bond motifs is 1. The number of carbonyl (C=O) groups is 4. The molecular weight excluding hydrogens is 699 g/mol. The van der Waals surface area contributed by atoms with E-state index in [1.54, 1.807) is 48.5 Å². The first-order valence-electron chi connectivity index (χ1n) is 17.2. The molecule has 2 fully saturated rings. The van der Waals surface area contributed by atoms with E-state index in [-0.39, 0.29) is 23.6 Å². The lowest BCUT2D eigenvalue weighted by molar-refractivity contribution is -0.126. The fraction of sp³-hybridized carbons (Fsp3) is 0.0455. The lowest BCUT2D eigenvalue weighted by Gasteiger charge is -2.17. The molecule has 262 valence electrons. The van der Waals surface area contributed by atoms with Crippen molar-refractivity contribution in [1.82, 2.24) is 0 Å². The molecule has 0 aromatic heterocycles. The SMILES string of the molecule is O=C1C=CC(=O)N1c1cccc(Oc2ccccc2-c2ccc(Pc3ccc(-c4ccccc4Oc4cccc(N5C(=O)C6OC6C5=O)c4)cc3)cc2)c1. The van der Waals surface area contributed by atoms with Crippen LogP contribution in [-0.4, -0.2) is 35.8 Å². The first kappa shape index (κ1) is 33.2. The molecule has 6 aromatic carbocycles. The molecule has 3 unspecified atom stereocenters. The third kappa shape index (κ3) is 6.36. The zero-order valence-corrected chi connectivity index (χ0v) is 29.4. The average Bonchev–Trinajstić information content (AvgIpc) is 3.87. The number of ether oxygens (including phenoxy) is 3. The molecule has 0 N–H and O–H groups in total. The normalized spacial score (nSPS) is 17.5. The van der Waals surface area contributed by atoms with Gasteiger partial charge in [0.25, 0.3) is 23.6 Å². The highest BCUT2D eigenvalue weighted by Crippen LogP contribution is 2.39. The average molecular weight is 729 g/mol. The van der Waals surface area contributed by atoms with Gasteiger partial charge in [-0.25, -0.2) is 9.80 Å². The van der Waals surface area contributed by atoms with Crippen LogP contribution in [0.3, 0.4) is 0 Å². The van der Waals surface area contributed by atoms with Gasteiger partial charge in [-0.2, -0.15) is 0 Å². The molecule has 2 saturated heterocycles. The largest absolute Gasteiger partial charge is 0.457 e. The Morgan fingerprint density at radius 1 is 0.481 bits per heavy atom. The Bertz CT molecular complexity index is 2480. The highest BCUT2D eigenvalue weighted by Gasteiger charge is 2.61. The Kier molecular flexibility index (Phi) is 8.43. The Labute approximate surface area is 311 Å². The molecule has 3 heterocycles. The van der Waals surface area contributed by atoms with Gasteiger partial charge in [0, 0.05) is 35.4 Å². The van der Waals surface area contributed by atoms with Crippen molar-refractivity contribution in [3.8, 4) is 45.3 Å². The summed E-state index contributed by atoms with van der Waals surface area (Å²) in [6.45, 7) is 0. The molecule has 54 heavy (non-hydrogen) atoms. The predicted molar refractivity (Wildman–Crippen MR) is 207 cm³/mol. The van der Waals surface area contributed by atoms with Gasteiger partial charge in [0.1, 0.15) is 23.0 Å². The molecule has 10 heteroatoms. The van der Waals surface area contributed by atoms with Crippen LogP contribution in [0.25, 0.3) is 22.3 Å². The maximum Gasteiger partial charge on any atom is 0.266 e. The summed E-state index contributed by atoms with van der Waals surface area (Å²) in [6, 6.07) is 46.2. The van der Waals surface area contributed by atoms with Gasteiger partial charge in [-0.05, 0) is 58.1 Å². The first-order chi connectivity index (χ1) is 26.4. The van der Waals surface area contributed by atoms with Crippen molar-refractivity contribution in [2.24, 2.45) is 0 Å². The lowest BCUT2D eigenvalue weighted by atomic mass is 10.0. The molecule has 0 bridgehead atoms. The second kappa shape index (κ2) is 13.7. The third-order valence-corrected chi connectivity index (χ3v) is 10.5. The zero-order valence-electron chi connectivity index (χ0n) is 28.4. The van der Waals surface area contributed by atoms with E-state index in [4.69, 9.17) is 14.2 Å². The van der Waals surface area contributed by atoms with Crippen LogP contribution in [0, 0.1) is 0 Å². The lowest BCUT2D eigenvalue weighted by Crippen LogP contribution is -2.34. The van der Waals surface area contributed by atoms with E-state index in [2.05, 4.69) is 48.5 Å². The van der Waals surface area contributed by atoms with Crippen molar-refractivity contribution in [3.05, 3.63) is 158 Å². The van der Waals surface area contributed by atoms with Gasteiger partial charge in [0.2, 0.25) is 0 Å². The maximum atomic E-state index is 12.5. The summed E-state index contributed by atoms with van der Waals surface area (Å²) in [5.41, 5.74) is 4.71. The topological polar surface area (TPSA) is 106 Å². The van der Waals surface area contributed by atoms with Crippen molar-refractivity contribution in [3.63, 3.8) is 0 Å². The number of morpholine rings is 1. The number of nitrogens with zero attached hydrogens (tertiary/aromatic N) is 2. The van der Waals surface area contributed by atoms with Crippen LogP contribution in [-0.2, 0) is 23.9 Å². The minimum absolute atomic E-state index is 0.343. The second-order valence-electron chi connectivity index (χ2n) is 12.8. The number of hydrogen-bond donors (Lipinski definition) is 0. The fourth-order valence-corrected chi connectivity index (χ4v) is 7.61. The number of benzene rings is 6. The van der Waals surface area contributed by atoms with E-state index in [1.165, 1.54) is 27.7 Å². The number of hydrogen-bond acceptors (Lipinski definition) is 7. The van der Waals surface area contributed by atoms with Crippen molar-refractivity contribution >= 4 is 54.2 Å². The monoisotopic (exact) mass is 728 g/mol. The summed E-state index contributed by atoms with van der Waals surface area (Å²) in [4.78, 5) is 51.7. The molecule has 6 aromatic rings. The van der Waals surface area contributed by atoms with Crippen LogP contribution in [0.2, 0.25) is 0 Å². The molecule has 3 atom stereocenters. The van der Waals surface area contributed by atoms with Crippen LogP contribution in [0.4, 0.5) is 11.4 Å². The summed E-state index contributed by atoms with van der Waals surface area (Å²) in [5, 5.41) is 2.35. The Balaban J connectivity index is 0.878. The molecular formula is C44H29N2O7P. The number of amides is 4. The minimum Gasteiger partial charge on any atom is -0.457 e. The van der Waals surface area contributed by atoms with Crippen LogP contribution in [0.15, 0.2) is 158 Å². The van der Waals surface area contributed by atoms with E-state index >= 15 is 0 Å². The van der Waals surface area contributed by atoms with Gasteiger partial charge >= 0.3 is 0 Å². The molecule has 0 saturated carbocycles. The van der Waals surface area contributed by atoms with Crippen LogP contribution >= 0.6 is 8.58 Å². The second-order valence-corrected chi connectivity index (χ2v) is 14.2. The van der Waals surface area contributed by atoms with E-state index in [9.17, 15) is 19.2 Å². The van der Waals surface area contributed by atoms with Crippen LogP contribution in [0.1, 0.15) is 0 Å². The molecule has 3 aliphatic rings. The minimum atomic E-state index is -0.659. The van der Waals surface area contributed by atoms with E-state index in [0.717, 1.165) is 27.2 Å². The summed E-state index contributed by atoms with van der Waals surface area (Å²) in [6.07, 6.45) is 1.20. The number of anilines is 2. The van der Waals surface area contributed by atoms with Gasteiger partial charge in [-0.1, -0.05) is 106 Å². The predicted octanol–water partition coefficient (Wildman–Crippen LogP) is 7.30. The van der Waals surface area contributed by atoms with E-state index < -0.39 is 12.2 Å².